The first-order chi connectivity index (χ1) is 10.6. The highest BCUT2D eigenvalue weighted by molar-refractivity contribution is 5.85. The molecule has 5 heteroatoms. The van der Waals surface area contributed by atoms with E-state index in [-0.39, 0.29) is 5.60 Å². The molecule has 1 fully saturated rings. The minimum atomic E-state index is -0.499. The zero-order chi connectivity index (χ0) is 17.1. The second-order valence-corrected chi connectivity index (χ2v) is 7.65. The Bertz CT molecular complexity index is 532. The van der Waals surface area contributed by atoms with Crippen LogP contribution in [0.1, 0.15) is 47.5 Å². The number of hydrogen-bond donors (Lipinski definition) is 2. The van der Waals surface area contributed by atoms with Crippen LogP contribution in [0.2, 0.25) is 0 Å². The smallest absolute Gasteiger partial charge is 0.412 e. The molecule has 1 amide bonds. The number of benzene rings is 1. The molecule has 0 aliphatic carbocycles. The molecule has 23 heavy (non-hydrogen) atoms. The lowest BCUT2D eigenvalue weighted by molar-refractivity contribution is -0.0553. The molecule has 0 saturated carbocycles. The Morgan fingerprint density at radius 1 is 1.22 bits per heavy atom. The highest BCUT2D eigenvalue weighted by atomic mass is 16.6. The van der Waals surface area contributed by atoms with Crippen LogP contribution < -0.4 is 10.6 Å². The number of rotatable bonds is 3. The first-order valence-electron chi connectivity index (χ1n) is 8.14. The van der Waals surface area contributed by atoms with Crippen LogP contribution in [0.4, 0.5) is 16.2 Å². The molecule has 0 spiro atoms. The Labute approximate surface area is 138 Å². The average molecular weight is 320 g/mol. The van der Waals surface area contributed by atoms with Gasteiger partial charge < -0.3 is 14.8 Å². The topological polar surface area (TPSA) is 59.6 Å². The molecule has 1 aromatic carbocycles. The molecule has 1 unspecified atom stereocenters. The maximum atomic E-state index is 11.7. The normalized spacial score (nSPS) is 20.7. The predicted octanol–water partition coefficient (Wildman–Crippen LogP) is 4.40. The molecule has 0 aromatic heterocycles. The zero-order valence-corrected chi connectivity index (χ0v) is 14.7. The van der Waals surface area contributed by atoms with Gasteiger partial charge in [0.2, 0.25) is 0 Å². The van der Waals surface area contributed by atoms with Crippen LogP contribution in [0.5, 0.6) is 0 Å². The molecule has 2 N–H and O–H groups in total. The van der Waals surface area contributed by atoms with Crippen molar-refractivity contribution in [1.82, 2.24) is 0 Å². The van der Waals surface area contributed by atoms with Gasteiger partial charge in [-0.05, 0) is 71.7 Å². The number of ether oxygens (including phenoxy) is 2. The Hall–Kier alpha value is -1.75. The van der Waals surface area contributed by atoms with Gasteiger partial charge in [0.15, 0.2) is 0 Å². The van der Waals surface area contributed by atoms with E-state index in [4.69, 9.17) is 9.47 Å². The van der Waals surface area contributed by atoms with E-state index in [0.29, 0.717) is 6.04 Å². The molecule has 1 saturated heterocycles. The average Bonchev–Trinajstić information content (AvgIpc) is 2.37. The first-order valence-corrected chi connectivity index (χ1v) is 8.14. The largest absolute Gasteiger partial charge is 0.444 e. The summed E-state index contributed by atoms with van der Waals surface area (Å²) in [6.45, 7) is 10.5. The van der Waals surface area contributed by atoms with Gasteiger partial charge in [0, 0.05) is 24.0 Å². The lowest BCUT2D eigenvalue weighted by Gasteiger charge is -2.36. The summed E-state index contributed by atoms with van der Waals surface area (Å²) in [5, 5.41) is 6.26. The fourth-order valence-corrected chi connectivity index (χ4v) is 2.66. The van der Waals surface area contributed by atoms with Gasteiger partial charge in [-0.1, -0.05) is 0 Å². The summed E-state index contributed by atoms with van der Waals surface area (Å²) in [5.74, 6) is 0. The van der Waals surface area contributed by atoms with Crippen LogP contribution in [0.15, 0.2) is 24.3 Å². The van der Waals surface area contributed by atoms with E-state index in [1.165, 1.54) is 0 Å². The maximum Gasteiger partial charge on any atom is 0.412 e. The second-order valence-electron chi connectivity index (χ2n) is 7.65. The third-order valence-corrected chi connectivity index (χ3v) is 3.60. The summed E-state index contributed by atoms with van der Waals surface area (Å²) in [7, 11) is 0. The summed E-state index contributed by atoms with van der Waals surface area (Å²) in [6, 6.07) is 8.08. The Balaban J connectivity index is 1.88. The fourth-order valence-electron chi connectivity index (χ4n) is 2.66. The third kappa shape index (κ3) is 6.10. The molecule has 2 rings (SSSR count). The number of amides is 1. The van der Waals surface area contributed by atoms with Gasteiger partial charge in [-0.15, -0.1) is 0 Å². The van der Waals surface area contributed by atoms with Crippen molar-refractivity contribution >= 4 is 17.5 Å². The molecule has 5 nitrogen and oxygen atoms in total. The van der Waals surface area contributed by atoms with Crippen molar-refractivity contribution in [3.63, 3.8) is 0 Å². The van der Waals surface area contributed by atoms with Gasteiger partial charge in [0.25, 0.3) is 0 Å². The minimum Gasteiger partial charge on any atom is -0.444 e. The summed E-state index contributed by atoms with van der Waals surface area (Å²) < 4.78 is 11.0. The highest BCUT2D eigenvalue weighted by Crippen LogP contribution is 2.26. The second kappa shape index (κ2) is 6.79. The van der Waals surface area contributed by atoms with Gasteiger partial charge >= 0.3 is 6.09 Å². The van der Waals surface area contributed by atoms with Gasteiger partial charge in [-0.25, -0.2) is 4.79 Å². The number of nitrogens with one attached hydrogen (secondary N) is 2. The lowest BCUT2D eigenvalue weighted by Crippen LogP contribution is -2.40. The third-order valence-electron chi connectivity index (χ3n) is 3.60. The molecule has 1 heterocycles. The molecule has 128 valence electrons. The summed E-state index contributed by atoms with van der Waals surface area (Å²) in [6.07, 6.45) is 1.54. The molecule has 1 aliphatic heterocycles. The van der Waals surface area contributed by atoms with Gasteiger partial charge in [0.05, 0.1) is 5.60 Å². The lowest BCUT2D eigenvalue weighted by atomic mass is 9.94. The Morgan fingerprint density at radius 2 is 1.83 bits per heavy atom. The van der Waals surface area contributed by atoms with Crippen molar-refractivity contribution < 1.29 is 14.3 Å². The highest BCUT2D eigenvalue weighted by Gasteiger charge is 2.28. The zero-order valence-electron chi connectivity index (χ0n) is 14.7. The van der Waals surface area contributed by atoms with Gasteiger partial charge in [-0.2, -0.15) is 0 Å². The van der Waals surface area contributed by atoms with E-state index in [1.807, 2.05) is 45.0 Å². The number of anilines is 2. The molecular weight excluding hydrogens is 292 g/mol. The van der Waals surface area contributed by atoms with Crippen molar-refractivity contribution in [1.29, 1.82) is 0 Å². The van der Waals surface area contributed by atoms with E-state index >= 15 is 0 Å². The fraction of sp³-hybridized carbons (Fsp3) is 0.611. The summed E-state index contributed by atoms with van der Waals surface area (Å²) in [5.41, 5.74) is 1.19. The minimum absolute atomic E-state index is 0.0753. The molecule has 1 atom stereocenters. The summed E-state index contributed by atoms with van der Waals surface area (Å²) >= 11 is 0. The number of hydrogen-bond acceptors (Lipinski definition) is 4. The van der Waals surface area contributed by atoms with Gasteiger partial charge in [-0.3, -0.25) is 5.32 Å². The van der Waals surface area contributed by atoms with Crippen molar-refractivity contribution in [2.75, 3.05) is 17.2 Å². The molecule has 1 aliphatic rings. The maximum absolute atomic E-state index is 11.7. The van der Waals surface area contributed by atoms with E-state index in [2.05, 4.69) is 24.5 Å². The van der Waals surface area contributed by atoms with E-state index in [1.54, 1.807) is 0 Å². The molecule has 1 aromatic rings. The van der Waals surface area contributed by atoms with Crippen LogP contribution in [-0.4, -0.2) is 29.9 Å². The predicted molar refractivity (Wildman–Crippen MR) is 93.0 cm³/mol. The molecular formula is C18H28N2O3. The molecule has 0 bridgehead atoms. The van der Waals surface area contributed by atoms with Crippen molar-refractivity contribution in [2.24, 2.45) is 0 Å². The standard InChI is InChI=1S/C18H28N2O3/c1-17(2,3)23-16(21)20-14-8-6-13(7-9-14)19-15-10-11-22-18(4,5)12-15/h6-9,15,19H,10-12H2,1-5H3,(H,20,21). The van der Waals surface area contributed by atoms with Crippen molar-refractivity contribution in [3.05, 3.63) is 24.3 Å². The van der Waals surface area contributed by atoms with Crippen LogP contribution in [-0.2, 0) is 9.47 Å². The van der Waals surface area contributed by atoms with Gasteiger partial charge in [0.1, 0.15) is 5.60 Å². The Kier molecular flexibility index (Phi) is 5.19. The van der Waals surface area contributed by atoms with Crippen molar-refractivity contribution in [2.45, 2.75) is 64.7 Å². The number of carbonyl (C=O) groups is 1. The van der Waals surface area contributed by atoms with Crippen LogP contribution in [0.25, 0.3) is 0 Å². The first kappa shape index (κ1) is 17.6. The Morgan fingerprint density at radius 3 is 2.39 bits per heavy atom. The summed E-state index contributed by atoms with van der Waals surface area (Å²) in [4.78, 5) is 11.7. The SMILES string of the molecule is CC(C)(C)OC(=O)Nc1ccc(NC2CCOC(C)(C)C2)cc1. The van der Waals surface area contributed by atoms with E-state index in [9.17, 15) is 4.79 Å². The van der Waals surface area contributed by atoms with Crippen LogP contribution in [0, 0.1) is 0 Å². The van der Waals surface area contributed by atoms with E-state index < -0.39 is 11.7 Å². The van der Waals surface area contributed by atoms with E-state index in [0.717, 1.165) is 30.8 Å². The molecule has 0 radical (unpaired) electrons. The number of carbonyl (C=O) groups excluding carboxylic acids is 1. The monoisotopic (exact) mass is 320 g/mol. The quantitative estimate of drug-likeness (QED) is 0.866. The van der Waals surface area contributed by atoms with Crippen molar-refractivity contribution in [3.8, 4) is 0 Å². The van der Waals surface area contributed by atoms with Crippen LogP contribution in [0.3, 0.4) is 0 Å². The van der Waals surface area contributed by atoms with Crippen LogP contribution >= 0.6 is 0 Å².